The van der Waals surface area contributed by atoms with E-state index in [9.17, 15) is 54.0 Å². The number of esters is 2. The number of carbonyl (C=O) groups is 7. The minimum Gasteiger partial charge on any atom is -0.507 e. The molecule has 7 rings (SSSR count). The van der Waals surface area contributed by atoms with E-state index in [-0.39, 0.29) is 47.9 Å². The van der Waals surface area contributed by atoms with Gasteiger partial charge in [-0.25, -0.2) is 0 Å². The number of hydrogen-bond acceptors (Lipinski definition) is 18. The predicted molar refractivity (Wildman–Crippen MR) is 243 cm³/mol. The van der Waals surface area contributed by atoms with E-state index in [0.717, 1.165) is 12.3 Å². The molecule has 0 aromatic heterocycles. The van der Waals surface area contributed by atoms with Crippen molar-refractivity contribution in [2.75, 3.05) is 6.79 Å². The van der Waals surface area contributed by atoms with Crippen molar-refractivity contribution in [1.82, 2.24) is 5.32 Å². The number of phenols is 1. The van der Waals surface area contributed by atoms with Gasteiger partial charge in [-0.05, 0) is 47.6 Å². The average Bonchev–Trinajstić information content (AvgIpc) is 3.86. The second-order valence-electron chi connectivity index (χ2n) is 19.5. The van der Waals surface area contributed by atoms with E-state index in [0.29, 0.717) is 0 Å². The monoisotopic (exact) mass is 981 g/mol. The highest BCUT2D eigenvalue weighted by Gasteiger charge is 2.52. The Morgan fingerprint density at radius 1 is 0.957 bits per heavy atom. The second-order valence-corrected chi connectivity index (χ2v) is 19.5. The van der Waals surface area contributed by atoms with Crippen molar-refractivity contribution in [2.24, 2.45) is 29.1 Å². The second kappa shape index (κ2) is 20.9. The van der Waals surface area contributed by atoms with Gasteiger partial charge in [0.15, 0.2) is 12.1 Å². The molecule has 0 radical (unpaired) electrons. The fraction of sp³-hybridized carbons (Fsp3) is 0.580. The third-order valence-electron chi connectivity index (χ3n) is 13.8. The average molecular weight is 982 g/mol. The molecule has 5 bridgehead atoms. The van der Waals surface area contributed by atoms with E-state index in [4.69, 9.17) is 37.9 Å². The summed E-state index contributed by atoms with van der Waals surface area (Å²) in [4.78, 5) is 93.6. The van der Waals surface area contributed by atoms with Crippen LogP contribution in [0.2, 0.25) is 0 Å². The Morgan fingerprint density at radius 2 is 1.64 bits per heavy atom. The zero-order chi connectivity index (χ0) is 51.9. The largest absolute Gasteiger partial charge is 0.507 e. The first kappa shape index (κ1) is 53.6. The van der Waals surface area contributed by atoms with Crippen LogP contribution in [0.4, 0.5) is 0 Å². The summed E-state index contributed by atoms with van der Waals surface area (Å²) in [5, 5.41) is 47.5. The highest BCUT2D eigenvalue weighted by molar-refractivity contribution is 6.30. The lowest BCUT2D eigenvalue weighted by molar-refractivity contribution is -0.246. The molecule has 20 nitrogen and oxygen atoms in total. The molecular weight excluding hydrogens is 919 g/mol. The van der Waals surface area contributed by atoms with Crippen LogP contribution in [0.1, 0.15) is 119 Å². The van der Waals surface area contributed by atoms with Crippen molar-refractivity contribution in [3.05, 3.63) is 70.2 Å². The van der Waals surface area contributed by atoms with Gasteiger partial charge < -0.3 is 63.6 Å². The normalized spacial score (nSPS) is 34.9. The third kappa shape index (κ3) is 10.8. The molecule has 5 aliphatic heterocycles. The summed E-state index contributed by atoms with van der Waals surface area (Å²) in [7, 11) is 0. The molecule has 1 amide bonds. The lowest BCUT2D eigenvalue weighted by Crippen LogP contribution is -2.50. The summed E-state index contributed by atoms with van der Waals surface area (Å²) < 4.78 is 48.0. The maximum absolute atomic E-state index is 14.4. The summed E-state index contributed by atoms with van der Waals surface area (Å²) >= 11 is 0. The number of allylic oxidation sites excluding steroid dienone is 4. The number of rotatable bonds is 8. The molecule has 2 saturated heterocycles. The third-order valence-corrected chi connectivity index (χ3v) is 13.8. The zero-order valence-electron chi connectivity index (χ0n) is 41.0. The Morgan fingerprint density at radius 3 is 2.30 bits per heavy atom. The summed E-state index contributed by atoms with van der Waals surface area (Å²) in [6.45, 7) is 16.1. The first-order valence-electron chi connectivity index (χ1n) is 23.1. The van der Waals surface area contributed by atoms with Gasteiger partial charge in [-0.15, -0.1) is 0 Å². The number of aromatic hydroxyl groups is 1. The van der Waals surface area contributed by atoms with E-state index in [2.05, 4.69) is 5.32 Å². The molecule has 14 atom stereocenters. The molecule has 20 heteroatoms. The van der Waals surface area contributed by atoms with Crippen molar-refractivity contribution < 1.29 is 91.9 Å². The van der Waals surface area contributed by atoms with Gasteiger partial charge in [-0.3, -0.25) is 33.6 Å². The van der Waals surface area contributed by atoms with E-state index >= 15 is 0 Å². The molecule has 0 spiro atoms. The van der Waals surface area contributed by atoms with Crippen LogP contribution in [0.15, 0.2) is 47.9 Å². The number of ether oxygens (including phenoxy) is 8. The number of carboxylic acids is 1. The topological polar surface area (TPSA) is 286 Å². The molecule has 1 aromatic carbocycles. The van der Waals surface area contributed by atoms with Crippen molar-refractivity contribution in [3.63, 3.8) is 0 Å². The highest BCUT2D eigenvalue weighted by atomic mass is 16.7. The smallest absolute Gasteiger partial charge is 0.312 e. The number of carboxylic acid groups (broad SMARTS) is 1. The fourth-order valence-electron chi connectivity index (χ4n) is 9.48. The zero-order valence-corrected chi connectivity index (χ0v) is 41.0. The van der Waals surface area contributed by atoms with E-state index < -0.39 is 148 Å². The van der Waals surface area contributed by atoms with Crippen molar-refractivity contribution in [3.8, 4) is 11.5 Å². The van der Waals surface area contributed by atoms with Crippen LogP contribution in [-0.2, 0) is 52.3 Å². The van der Waals surface area contributed by atoms with Crippen LogP contribution < -0.4 is 10.1 Å². The minimum absolute atomic E-state index is 0.0225. The van der Waals surface area contributed by atoms with Crippen molar-refractivity contribution >= 4 is 41.2 Å². The number of aliphatic carboxylic acids is 1. The maximum Gasteiger partial charge on any atom is 0.312 e. The Balaban J connectivity index is 1.45. The summed E-state index contributed by atoms with van der Waals surface area (Å²) in [5.41, 5.74) is -3.40. The molecule has 1 aromatic rings. The number of Topliss-reactive ketones (excluding diaryl/α,β-unsaturated/α-hetero) is 2. The molecule has 382 valence electrons. The number of amides is 1. The van der Waals surface area contributed by atoms with Gasteiger partial charge in [0.25, 0.3) is 11.7 Å². The molecule has 5 heterocycles. The van der Waals surface area contributed by atoms with E-state index in [1.54, 1.807) is 20.8 Å². The van der Waals surface area contributed by atoms with Crippen LogP contribution in [-0.4, -0.2) is 129 Å². The predicted octanol–water partition coefficient (Wildman–Crippen LogP) is 4.29. The lowest BCUT2D eigenvalue weighted by Gasteiger charge is -2.41. The first-order chi connectivity index (χ1) is 32.7. The van der Waals surface area contributed by atoms with Gasteiger partial charge in [0, 0.05) is 61.2 Å². The number of carbonyl (C=O) groups excluding carboxylic acids is 6. The molecule has 0 unspecified atom stereocenters. The van der Waals surface area contributed by atoms with Gasteiger partial charge in [0.2, 0.25) is 5.78 Å². The number of nitrogens with one attached hydrogen (secondary N) is 1. The summed E-state index contributed by atoms with van der Waals surface area (Å²) in [5.74, 6) is -13.6. The number of ketones is 3. The fourth-order valence-corrected chi connectivity index (χ4v) is 9.48. The number of hydrogen-bond donors (Lipinski definition) is 5. The Hall–Kier alpha value is -5.77. The Kier molecular flexibility index (Phi) is 16.0. The first-order valence-corrected chi connectivity index (χ1v) is 23.1. The van der Waals surface area contributed by atoms with Crippen LogP contribution in [0.25, 0.3) is 0 Å². The number of phenolic OH excluding ortho intramolecular Hbond substituents is 1. The minimum atomic E-state index is -2.18. The maximum atomic E-state index is 14.4. The van der Waals surface area contributed by atoms with Crippen LogP contribution in [0.3, 0.4) is 0 Å². The number of aliphatic hydroxyl groups is 2. The van der Waals surface area contributed by atoms with Crippen LogP contribution in [0.5, 0.6) is 11.5 Å². The molecule has 2 fully saturated rings. The standard InChI is InChI=1S/C50H63NO19/c1-21-13-12-14-29(26(6)67-48(62)49(9,10)19-34(54)55)40(57)23(3)39(56)24(4)43(68-28(8)52)22(2)32(69-35-18-33-45(27(7)66-35)64-20-63-33)15-16-65-50(11)46(60)38-36-31(53)17-30(51-47(21)61)42(59)37(36)41(58)25(5)44(38)70-50/h12-17,22-24,26-27,29,32-33,35,39-40,43,45,56-58H,18-20H2,1-11H3,(H,51,61)(H,54,55)/b14-12+,16-15+,21-13+/t22-,23-,24+,26-,27+,29-,32+,33+,35-,39+,40-,43+,45-,50-/m1/s1. The number of fused-ring (bicyclic) bond motifs is 15. The van der Waals surface area contributed by atoms with Gasteiger partial charge >= 0.3 is 23.7 Å². The van der Waals surface area contributed by atoms with E-state index in [1.165, 1.54) is 79.7 Å². The summed E-state index contributed by atoms with van der Waals surface area (Å²) in [6, 6.07) is 0. The number of aliphatic hydroxyl groups excluding tert-OH is 2. The van der Waals surface area contributed by atoms with Crippen molar-refractivity contribution in [1.29, 1.82) is 0 Å². The highest BCUT2D eigenvalue weighted by Crippen LogP contribution is 2.48. The SMILES string of the molecule is CC(=O)O[C@@H]1[C@@H](C)[C@@H](O)[C@@H](C)[C@@H](O)[C@@H]([C@@H](C)OC(=O)C(C)(C)CC(=O)O)/C=C/C=C(\C)C(=O)NC2=CC(=O)c3c(c(O)c(C)c4c3C(=O)[C@](C)(O/C=C/[C@H](O[C@@H]3C[C@@H]5OCO[C@@H]5[C@H](C)O3)[C@H]1C)O4)C2=O. The Labute approximate surface area is 404 Å². The van der Waals surface area contributed by atoms with Gasteiger partial charge in [0.05, 0.1) is 71.0 Å². The van der Waals surface area contributed by atoms with Gasteiger partial charge in [-0.2, -0.15) is 0 Å². The molecule has 5 N–H and O–H groups in total. The molecule has 6 aliphatic rings. The molecule has 0 saturated carbocycles. The van der Waals surface area contributed by atoms with Crippen LogP contribution in [0, 0.1) is 36.0 Å². The quantitative estimate of drug-likeness (QED) is 0.227. The van der Waals surface area contributed by atoms with E-state index in [1.807, 2.05) is 0 Å². The Bertz CT molecular complexity index is 2420. The molecule has 1 aliphatic carbocycles. The van der Waals surface area contributed by atoms with Crippen molar-refractivity contribution in [2.45, 2.75) is 150 Å². The lowest BCUT2D eigenvalue weighted by atomic mass is 9.77. The molecular formula is C50H63NO19. The molecule has 70 heavy (non-hydrogen) atoms. The van der Waals surface area contributed by atoms with Gasteiger partial charge in [-0.1, -0.05) is 39.0 Å². The number of benzene rings is 1. The summed E-state index contributed by atoms with van der Waals surface area (Å²) in [6.07, 6.45) is -1.45. The van der Waals surface area contributed by atoms with Crippen LogP contribution >= 0.6 is 0 Å². The van der Waals surface area contributed by atoms with Gasteiger partial charge in [0.1, 0.15) is 36.6 Å².